The SMILES string of the molecule is CCNC(=O)Cn1cc(NC(=O)C(C)C)nn1. The van der Waals surface area contributed by atoms with Crippen molar-refractivity contribution in [2.75, 3.05) is 11.9 Å². The Hall–Kier alpha value is -1.92. The van der Waals surface area contributed by atoms with Gasteiger partial charge in [-0.15, -0.1) is 5.10 Å². The number of likely N-dealkylation sites (N-methyl/N-ethyl adjacent to an activating group) is 1. The monoisotopic (exact) mass is 239 g/mol. The molecule has 7 heteroatoms. The van der Waals surface area contributed by atoms with Gasteiger partial charge in [0.1, 0.15) is 6.54 Å². The molecule has 1 aromatic rings. The second-order valence-corrected chi connectivity index (χ2v) is 3.90. The molecular formula is C10H17N5O2. The molecule has 0 aliphatic carbocycles. The number of rotatable bonds is 5. The molecule has 0 atom stereocenters. The molecule has 0 unspecified atom stereocenters. The van der Waals surface area contributed by atoms with Gasteiger partial charge in [-0.1, -0.05) is 19.1 Å². The Balaban J connectivity index is 2.53. The standard InChI is InChI=1S/C10H17N5O2/c1-4-11-9(16)6-15-5-8(13-14-15)12-10(17)7(2)3/h5,7H,4,6H2,1-3H3,(H,11,16)(H,12,17). The Bertz CT molecular complexity index is 399. The van der Waals surface area contributed by atoms with Crippen LogP contribution >= 0.6 is 0 Å². The van der Waals surface area contributed by atoms with Crippen LogP contribution in [0.2, 0.25) is 0 Å². The van der Waals surface area contributed by atoms with Crippen LogP contribution in [0.3, 0.4) is 0 Å². The van der Waals surface area contributed by atoms with Crippen LogP contribution in [0.4, 0.5) is 5.82 Å². The highest BCUT2D eigenvalue weighted by Gasteiger charge is 2.10. The lowest BCUT2D eigenvalue weighted by atomic mass is 10.2. The van der Waals surface area contributed by atoms with Gasteiger partial charge in [0.2, 0.25) is 11.8 Å². The highest BCUT2D eigenvalue weighted by molar-refractivity contribution is 5.90. The fourth-order valence-corrected chi connectivity index (χ4v) is 1.10. The van der Waals surface area contributed by atoms with Crippen LogP contribution in [-0.2, 0) is 16.1 Å². The molecule has 0 fully saturated rings. The first-order chi connectivity index (χ1) is 8.02. The molecule has 0 saturated heterocycles. The molecule has 0 aromatic carbocycles. The van der Waals surface area contributed by atoms with Crippen molar-refractivity contribution in [2.24, 2.45) is 5.92 Å². The number of nitrogens with one attached hydrogen (secondary N) is 2. The molecule has 0 bridgehead atoms. The maximum atomic E-state index is 11.4. The predicted octanol–water partition coefficient (Wildman–Crippen LogP) is 0.00870. The summed E-state index contributed by atoms with van der Waals surface area (Å²) in [6.45, 7) is 6.08. The molecule has 1 rings (SSSR count). The molecule has 0 radical (unpaired) electrons. The first kappa shape index (κ1) is 13.1. The van der Waals surface area contributed by atoms with Crippen molar-refractivity contribution in [1.82, 2.24) is 20.3 Å². The minimum absolute atomic E-state index is 0.0956. The van der Waals surface area contributed by atoms with E-state index in [9.17, 15) is 9.59 Å². The van der Waals surface area contributed by atoms with Crippen LogP contribution in [0.1, 0.15) is 20.8 Å². The topological polar surface area (TPSA) is 88.9 Å². The Kier molecular flexibility index (Phi) is 4.62. The van der Waals surface area contributed by atoms with Gasteiger partial charge in [-0.2, -0.15) is 0 Å². The minimum Gasteiger partial charge on any atom is -0.355 e. The van der Waals surface area contributed by atoms with Gasteiger partial charge in [-0.3, -0.25) is 9.59 Å². The molecular weight excluding hydrogens is 222 g/mol. The summed E-state index contributed by atoms with van der Waals surface area (Å²) in [5, 5.41) is 12.7. The number of aromatic nitrogens is 3. The summed E-state index contributed by atoms with van der Waals surface area (Å²) in [4.78, 5) is 22.6. The van der Waals surface area contributed by atoms with E-state index in [-0.39, 0.29) is 24.3 Å². The summed E-state index contributed by atoms with van der Waals surface area (Å²) in [5.41, 5.74) is 0. The quantitative estimate of drug-likeness (QED) is 0.757. The third kappa shape index (κ3) is 4.21. The largest absolute Gasteiger partial charge is 0.355 e. The van der Waals surface area contributed by atoms with Crippen molar-refractivity contribution in [3.8, 4) is 0 Å². The molecule has 1 heterocycles. The summed E-state index contributed by atoms with van der Waals surface area (Å²) in [5.74, 6) is -0.0364. The van der Waals surface area contributed by atoms with Crippen LogP contribution in [0, 0.1) is 5.92 Å². The summed E-state index contributed by atoms with van der Waals surface area (Å²) in [7, 11) is 0. The summed E-state index contributed by atoms with van der Waals surface area (Å²) in [6.07, 6.45) is 1.52. The van der Waals surface area contributed by atoms with Gasteiger partial charge in [0.05, 0.1) is 6.20 Å². The van der Waals surface area contributed by atoms with Crippen molar-refractivity contribution < 1.29 is 9.59 Å². The van der Waals surface area contributed by atoms with Gasteiger partial charge in [-0.25, -0.2) is 4.68 Å². The second kappa shape index (κ2) is 5.97. The van der Waals surface area contributed by atoms with E-state index in [2.05, 4.69) is 20.9 Å². The van der Waals surface area contributed by atoms with Crippen LogP contribution in [0.5, 0.6) is 0 Å². The summed E-state index contributed by atoms with van der Waals surface area (Å²) < 4.78 is 1.38. The Labute approximate surface area is 99.6 Å². The van der Waals surface area contributed by atoms with Gasteiger partial charge < -0.3 is 10.6 Å². The van der Waals surface area contributed by atoms with Gasteiger partial charge in [0.25, 0.3) is 0 Å². The Morgan fingerprint density at radius 3 is 2.76 bits per heavy atom. The number of hydrogen-bond acceptors (Lipinski definition) is 4. The molecule has 17 heavy (non-hydrogen) atoms. The number of anilines is 1. The zero-order valence-electron chi connectivity index (χ0n) is 10.2. The number of amides is 2. The lowest BCUT2D eigenvalue weighted by Gasteiger charge is -2.03. The molecule has 1 aromatic heterocycles. The second-order valence-electron chi connectivity index (χ2n) is 3.90. The molecule has 2 amide bonds. The van der Waals surface area contributed by atoms with E-state index < -0.39 is 0 Å². The van der Waals surface area contributed by atoms with Crippen LogP contribution in [-0.4, -0.2) is 33.4 Å². The van der Waals surface area contributed by atoms with Crippen LogP contribution in [0.25, 0.3) is 0 Å². The smallest absolute Gasteiger partial charge is 0.241 e. The number of carbonyl (C=O) groups is 2. The van der Waals surface area contributed by atoms with Gasteiger partial charge in [0, 0.05) is 12.5 Å². The highest BCUT2D eigenvalue weighted by atomic mass is 16.2. The van der Waals surface area contributed by atoms with Crippen molar-refractivity contribution in [2.45, 2.75) is 27.3 Å². The summed E-state index contributed by atoms with van der Waals surface area (Å²) >= 11 is 0. The van der Waals surface area contributed by atoms with E-state index in [0.717, 1.165) is 0 Å². The van der Waals surface area contributed by atoms with Crippen LogP contribution < -0.4 is 10.6 Å². The lowest BCUT2D eigenvalue weighted by Crippen LogP contribution is -2.27. The number of carbonyl (C=O) groups excluding carboxylic acids is 2. The Morgan fingerprint density at radius 2 is 2.18 bits per heavy atom. The molecule has 7 nitrogen and oxygen atoms in total. The number of hydrogen-bond donors (Lipinski definition) is 2. The average Bonchev–Trinajstić information content (AvgIpc) is 2.65. The van der Waals surface area contributed by atoms with E-state index in [1.807, 2.05) is 6.92 Å². The first-order valence-electron chi connectivity index (χ1n) is 5.50. The number of nitrogens with zero attached hydrogens (tertiary/aromatic N) is 3. The minimum atomic E-state index is -0.140. The van der Waals surface area contributed by atoms with E-state index in [1.54, 1.807) is 13.8 Å². The lowest BCUT2D eigenvalue weighted by molar-refractivity contribution is -0.121. The van der Waals surface area contributed by atoms with E-state index in [0.29, 0.717) is 12.4 Å². The van der Waals surface area contributed by atoms with Gasteiger partial charge >= 0.3 is 0 Å². The van der Waals surface area contributed by atoms with Crippen molar-refractivity contribution >= 4 is 17.6 Å². The molecule has 0 aliphatic rings. The molecule has 94 valence electrons. The fraction of sp³-hybridized carbons (Fsp3) is 0.600. The normalized spacial score (nSPS) is 10.4. The van der Waals surface area contributed by atoms with Crippen molar-refractivity contribution in [1.29, 1.82) is 0 Å². The van der Waals surface area contributed by atoms with Gasteiger partial charge in [0.15, 0.2) is 5.82 Å². The fourth-order valence-electron chi connectivity index (χ4n) is 1.10. The van der Waals surface area contributed by atoms with Crippen molar-refractivity contribution in [3.05, 3.63) is 6.20 Å². The zero-order chi connectivity index (χ0) is 12.8. The molecule has 2 N–H and O–H groups in total. The van der Waals surface area contributed by atoms with Crippen LogP contribution in [0.15, 0.2) is 6.20 Å². The van der Waals surface area contributed by atoms with Gasteiger partial charge in [-0.05, 0) is 6.92 Å². The molecule has 0 saturated carbocycles. The predicted molar refractivity (Wildman–Crippen MR) is 62.2 cm³/mol. The third-order valence-corrected chi connectivity index (χ3v) is 1.99. The third-order valence-electron chi connectivity index (χ3n) is 1.99. The van der Waals surface area contributed by atoms with E-state index in [1.165, 1.54) is 10.9 Å². The summed E-state index contributed by atoms with van der Waals surface area (Å²) in [6, 6.07) is 0. The average molecular weight is 239 g/mol. The highest BCUT2D eigenvalue weighted by Crippen LogP contribution is 2.03. The Morgan fingerprint density at radius 1 is 1.47 bits per heavy atom. The first-order valence-corrected chi connectivity index (χ1v) is 5.50. The molecule has 0 aliphatic heterocycles. The van der Waals surface area contributed by atoms with E-state index in [4.69, 9.17) is 0 Å². The maximum Gasteiger partial charge on any atom is 0.241 e. The van der Waals surface area contributed by atoms with E-state index >= 15 is 0 Å². The van der Waals surface area contributed by atoms with Crippen molar-refractivity contribution in [3.63, 3.8) is 0 Å². The maximum absolute atomic E-state index is 11.4. The zero-order valence-corrected chi connectivity index (χ0v) is 10.2. The molecule has 0 spiro atoms.